The van der Waals surface area contributed by atoms with Gasteiger partial charge in [-0.25, -0.2) is 0 Å². The van der Waals surface area contributed by atoms with E-state index in [1.165, 1.54) is 6.08 Å². The van der Waals surface area contributed by atoms with Crippen LogP contribution < -0.4 is 9.47 Å². The molecule has 0 atom stereocenters. The number of hydrogen-bond acceptors (Lipinski definition) is 4. The Bertz CT molecular complexity index is 707. The Kier molecular flexibility index (Phi) is 5.38. The van der Waals surface area contributed by atoms with Crippen LogP contribution >= 0.6 is 15.9 Å². The minimum atomic E-state index is -0.0991. The average molecular weight is 365 g/mol. The van der Waals surface area contributed by atoms with Gasteiger partial charge in [0.05, 0.1) is 29.9 Å². The van der Waals surface area contributed by atoms with Gasteiger partial charge in [0, 0.05) is 13.2 Å². The standard InChI is InChI=1S/C16H17BrN2O3/c1-4-22-15-8-11(7-13(17)16(15)21-3)5-6-14(20)12-9-18-19(2)10-12/h5-10H,4H2,1-3H3/b6-5+. The summed E-state index contributed by atoms with van der Waals surface area (Å²) in [5.74, 6) is 1.17. The number of carbonyl (C=O) groups excluding carboxylic acids is 1. The van der Waals surface area contributed by atoms with Crippen LogP contribution in [0.25, 0.3) is 6.08 Å². The van der Waals surface area contributed by atoms with Gasteiger partial charge < -0.3 is 9.47 Å². The van der Waals surface area contributed by atoms with Crippen LogP contribution in [0, 0.1) is 0 Å². The summed E-state index contributed by atoms with van der Waals surface area (Å²) in [6.07, 6.45) is 6.48. The van der Waals surface area contributed by atoms with Gasteiger partial charge in [-0.05, 0) is 46.6 Å². The van der Waals surface area contributed by atoms with Crippen LogP contribution in [0.15, 0.2) is 35.1 Å². The largest absolute Gasteiger partial charge is 0.492 e. The Hall–Kier alpha value is -2.08. The first-order valence-electron chi connectivity index (χ1n) is 6.76. The van der Waals surface area contributed by atoms with Crippen molar-refractivity contribution in [3.8, 4) is 11.5 Å². The molecule has 5 nitrogen and oxygen atoms in total. The summed E-state index contributed by atoms with van der Waals surface area (Å²) in [6, 6.07) is 3.70. The average Bonchev–Trinajstić information content (AvgIpc) is 2.91. The quantitative estimate of drug-likeness (QED) is 0.581. The number of aromatic nitrogens is 2. The van der Waals surface area contributed by atoms with E-state index in [1.54, 1.807) is 37.3 Å². The first kappa shape index (κ1) is 16.3. The Balaban J connectivity index is 2.25. The highest BCUT2D eigenvalue weighted by Gasteiger charge is 2.10. The summed E-state index contributed by atoms with van der Waals surface area (Å²) in [5.41, 5.74) is 1.39. The van der Waals surface area contributed by atoms with Crippen molar-refractivity contribution in [2.45, 2.75) is 6.92 Å². The number of methoxy groups -OCH3 is 1. The predicted molar refractivity (Wildman–Crippen MR) is 88.4 cm³/mol. The van der Waals surface area contributed by atoms with E-state index in [1.807, 2.05) is 19.1 Å². The van der Waals surface area contributed by atoms with E-state index in [-0.39, 0.29) is 5.78 Å². The Morgan fingerprint density at radius 3 is 2.82 bits per heavy atom. The summed E-state index contributed by atoms with van der Waals surface area (Å²) < 4.78 is 13.2. The zero-order chi connectivity index (χ0) is 16.1. The molecule has 0 amide bonds. The number of benzene rings is 1. The van der Waals surface area contributed by atoms with E-state index < -0.39 is 0 Å². The lowest BCUT2D eigenvalue weighted by Crippen LogP contribution is -1.97. The number of ketones is 1. The van der Waals surface area contributed by atoms with Gasteiger partial charge in [0.25, 0.3) is 0 Å². The lowest BCUT2D eigenvalue weighted by Gasteiger charge is -2.11. The highest BCUT2D eigenvalue weighted by atomic mass is 79.9. The monoisotopic (exact) mass is 364 g/mol. The summed E-state index contributed by atoms with van der Waals surface area (Å²) in [4.78, 5) is 12.0. The molecule has 0 aliphatic rings. The molecule has 2 aromatic rings. The first-order chi connectivity index (χ1) is 10.5. The van der Waals surface area contributed by atoms with Crippen LogP contribution in [0.5, 0.6) is 11.5 Å². The van der Waals surface area contributed by atoms with Crippen molar-refractivity contribution in [3.05, 3.63) is 46.2 Å². The van der Waals surface area contributed by atoms with E-state index in [4.69, 9.17) is 9.47 Å². The molecule has 0 N–H and O–H groups in total. The Morgan fingerprint density at radius 2 is 2.23 bits per heavy atom. The van der Waals surface area contributed by atoms with Gasteiger partial charge in [0.2, 0.25) is 0 Å². The molecule has 1 heterocycles. The van der Waals surface area contributed by atoms with Crippen LogP contribution in [0.4, 0.5) is 0 Å². The van der Waals surface area contributed by atoms with Crippen LogP contribution in [-0.2, 0) is 7.05 Å². The smallest absolute Gasteiger partial charge is 0.189 e. The molecule has 22 heavy (non-hydrogen) atoms. The van der Waals surface area contributed by atoms with Gasteiger partial charge in [-0.2, -0.15) is 5.10 Å². The summed E-state index contributed by atoms with van der Waals surface area (Å²) >= 11 is 3.45. The molecule has 1 aromatic heterocycles. The van der Waals surface area contributed by atoms with Crippen LogP contribution in [-0.4, -0.2) is 29.3 Å². The van der Waals surface area contributed by atoms with Gasteiger partial charge >= 0.3 is 0 Å². The number of hydrogen-bond donors (Lipinski definition) is 0. The topological polar surface area (TPSA) is 53.3 Å². The van der Waals surface area contributed by atoms with Crippen molar-refractivity contribution >= 4 is 27.8 Å². The van der Waals surface area contributed by atoms with Crippen molar-refractivity contribution in [1.29, 1.82) is 0 Å². The second-order valence-corrected chi connectivity index (χ2v) is 5.42. The lowest BCUT2D eigenvalue weighted by atomic mass is 10.1. The molecular formula is C16H17BrN2O3. The molecule has 0 fully saturated rings. The second-order valence-electron chi connectivity index (χ2n) is 4.57. The van der Waals surface area contributed by atoms with Crippen LogP contribution in [0.1, 0.15) is 22.8 Å². The molecule has 0 saturated heterocycles. The Labute approximate surface area is 137 Å². The lowest BCUT2D eigenvalue weighted by molar-refractivity contribution is 0.104. The number of carbonyl (C=O) groups is 1. The van der Waals surface area contributed by atoms with Crippen molar-refractivity contribution in [1.82, 2.24) is 9.78 Å². The maximum Gasteiger partial charge on any atom is 0.189 e. The molecule has 0 saturated carbocycles. The number of halogens is 1. The normalized spacial score (nSPS) is 10.9. The van der Waals surface area contributed by atoms with Gasteiger partial charge in [-0.1, -0.05) is 6.08 Å². The Morgan fingerprint density at radius 1 is 1.45 bits per heavy atom. The van der Waals surface area contributed by atoms with E-state index in [0.717, 1.165) is 10.0 Å². The predicted octanol–water partition coefficient (Wildman–Crippen LogP) is 3.49. The maximum absolute atomic E-state index is 12.0. The molecule has 1 aromatic carbocycles. The van der Waals surface area contributed by atoms with Crippen LogP contribution in [0.3, 0.4) is 0 Å². The minimum Gasteiger partial charge on any atom is -0.492 e. The molecular weight excluding hydrogens is 348 g/mol. The molecule has 0 unspecified atom stereocenters. The van der Waals surface area contributed by atoms with Crippen molar-refractivity contribution in [2.75, 3.05) is 13.7 Å². The number of rotatable bonds is 6. The molecule has 0 radical (unpaired) electrons. The number of nitrogens with zero attached hydrogens (tertiary/aromatic N) is 2. The van der Waals surface area contributed by atoms with Gasteiger partial charge in [-0.3, -0.25) is 9.48 Å². The summed E-state index contributed by atoms with van der Waals surface area (Å²) in [5, 5.41) is 3.99. The van der Waals surface area contributed by atoms with Gasteiger partial charge in [0.15, 0.2) is 17.3 Å². The third-order valence-corrected chi connectivity index (χ3v) is 3.54. The van der Waals surface area contributed by atoms with E-state index in [0.29, 0.717) is 23.7 Å². The fraction of sp³-hybridized carbons (Fsp3) is 0.250. The molecule has 0 spiro atoms. The second kappa shape index (κ2) is 7.26. The molecule has 0 aliphatic heterocycles. The molecule has 0 bridgehead atoms. The molecule has 116 valence electrons. The van der Waals surface area contributed by atoms with Crippen molar-refractivity contribution in [3.63, 3.8) is 0 Å². The molecule has 2 rings (SSSR count). The number of allylic oxidation sites excluding steroid dienone is 1. The molecule has 6 heteroatoms. The van der Waals surface area contributed by atoms with E-state index in [2.05, 4.69) is 21.0 Å². The first-order valence-corrected chi connectivity index (χ1v) is 7.55. The van der Waals surface area contributed by atoms with E-state index >= 15 is 0 Å². The minimum absolute atomic E-state index is 0.0991. The van der Waals surface area contributed by atoms with Crippen molar-refractivity contribution in [2.24, 2.45) is 7.05 Å². The maximum atomic E-state index is 12.0. The van der Waals surface area contributed by atoms with Gasteiger partial charge in [0.1, 0.15) is 0 Å². The fourth-order valence-electron chi connectivity index (χ4n) is 1.96. The van der Waals surface area contributed by atoms with Gasteiger partial charge in [-0.15, -0.1) is 0 Å². The van der Waals surface area contributed by atoms with Crippen molar-refractivity contribution < 1.29 is 14.3 Å². The fourth-order valence-corrected chi connectivity index (χ4v) is 2.58. The zero-order valence-electron chi connectivity index (χ0n) is 12.7. The zero-order valence-corrected chi connectivity index (χ0v) is 14.3. The number of aryl methyl sites for hydroxylation is 1. The van der Waals surface area contributed by atoms with Crippen LogP contribution in [0.2, 0.25) is 0 Å². The SMILES string of the molecule is CCOc1cc(/C=C/C(=O)c2cnn(C)c2)cc(Br)c1OC. The third kappa shape index (κ3) is 3.76. The molecule has 0 aliphatic carbocycles. The third-order valence-electron chi connectivity index (χ3n) is 2.95. The highest BCUT2D eigenvalue weighted by molar-refractivity contribution is 9.10. The number of ether oxygens (including phenoxy) is 2. The summed E-state index contributed by atoms with van der Waals surface area (Å²) in [7, 11) is 3.36. The highest BCUT2D eigenvalue weighted by Crippen LogP contribution is 2.36. The van der Waals surface area contributed by atoms with E-state index in [9.17, 15) is 4.79 Å². The summed E-state index contributed by atoms with van der Waals surface area (Å²) in [6.45, 7) is 2.44.